The maximum absolute atomic E-state index is 11.8. The van der Waals surface area contributed by atoms with E-state index in [1.165, 1.54) is 12.2 Å². The van der Waals surface area contributed by atoms with E-state index in [0.717, 1.165) is 11.1 Å². The lowest BCUT2D eigenvalue weighted by atomic mass is 10.1. The number of carbonyl (C=O) groups is 3. The van der Waals surface area contributed by atoms with E-state index in [0.29, 0.717) is 10.6 Å². The van der Waals surface area contributed by atoms with E-state index in [-0.39, 0.29) is 0 Å². The number of aryl methyl sites for hydroxylation is 1. The Kier molecular flexibility index (Phi) is 6.48. The summed E-state index contributed by atoms with van der Waals surface area (Å²) in [5.74, 6) is -1.94. The second-order valence-electron chi connectivity index (χ2n) is 5.19. The maximum Gasteiger partial charge on any atom is 0.331 e. The number of nitrogens with one attached hydrogen (secondary N) is 1. The predicted octanol–water partition coefficient (Wildman–Crippen LogP) is 3.16. The van der Waals surface area contributed by atoms with Gasteiger partial charge in [-0.1, -0.05) is 41.9 Å². The van der Waals surface area contributed by atoms with E-state index >= 15 is 0 Å². The topological polar surface area (TPSA) is 72.5 Å². The number of benzene rings is 2. The molecule has 0 heterocycles. The molecule has 0 radical (unpaired) electrons. The average molecular weight is 358 g/mol. The molecule has 0 aliphatic carbocycles. The third-order valence-corrected chi connectivity index (χ3v) is 3.65. The molecule has 5 nitrogen and oxygen atoms in total. The summed E-state index contributed by atoms with van der Waals surface area (Å²) in [6, 6.07) is 13.6. The van der Waals surface area contributed by atoms with Gasteiger partial charge < -0.3 is 4.74 Å². The molecule has 0 bridgehead atoms. The molecule has 0 spiro atoms. The van der Waals surface area contributed by atoms with E-state index in [2.05, 4.69) is 5.32 Å². The van der Waals surface area contributed by atoms with Crippen LogP contribution >= 0.6 is 11.6 Å². The van der Waals surface area contributed by atoms with Crippen molar-refractivity contribution in [2.24, 2.45) is 0 Å². The molecule has 0 saturated carbocycles. The lowest BCUT2D eigenvalue weighted by molar-refractivity contribution is -0.143. The molecular formula is C19H16ClNO4. The highest BCUT2D eigenvalue weighted by Gasteiger charge is 2.11. The first-order valence-corrected chi connectivity index (χ1v) is 7.84. The van der Waals surface area contributed by atoms with Crippen LogP contribution < -0.4 is 5.32 Å². The van der Waals surface area contributed by atoms with Crippen LogP contribution in [-0.4, -0.2) is 24.4 Å². The first-order chi connectivity index (χ1) is 12.0. The zero-order valence-electron chi connectivity index (χ0n) is 13.5. The number of ether oxygens (including phenoxy) is 1. The van der Waals surface area contributed by atoms with E-state index in [4.69, 9.17) is 16.3 Å². The Hall–Kier alpha value is -2.92. The van der Waals surface area contributed by atoms with Crippen LogP contribution in [0.1, 0.15) is 21.5 Å². The molecular weight excluding hydrogens is 342 g/mol. The van der Waals surface area contributed by atoms with E-state index in [1.54, 1.807) is 42.5 Å². The van der Waals surface area contributed by atoms with Gasteiger partial charge in [-0.3, -0.25) is 14.9 Å². The molecule has 0 fully saturated rings. The number of amides is 2. The normalized spacial score (nSPS) is 10.5. The molecule has 6 heteroatoms. The quantitative estimate of drug-likeness (QED) is 0.659. The van der Waals surface area contributed by atoms with Crippen LogP contribution in [0.25, 0.3) is 6.08 Å². The minimum Gasteiger partial charge on any atom is -0.452 e. The Morgan fingerprint density at radius 2 is 1.84 bits per heavy atom. The van der Waals surface area contributed by atoms with Gasteiger partial charge >= 0.3 is 5.97 Å². The number of halogens is 1. The van der Waals surface area contributed by atoms with Crippen LogP contribution in [-0.2, 0) is 14.3 Å². The van der Waals surface area contributed by atoms with Crippen LogP contribution in [0.4, 0.5) is 0 Å². The lowest BCUT2D eigenvalue weighted by Gasteiger charge is -2.04. The fraction of sp³-hybridized carbons (Fsp3) is 0.105. The van der Waals surface area contributed by atoms with Crippen molar-refractivity contribution in [3.63, 3.8) is 0 Å². The molecule has 0 atom stereocenters. The monoisotopic (exact) mass is 357 g/mol. The molecule has 0 aliphatic heterocycles. The van der Waals surface area contributed by atoms with Crippen molar-refractivity contribution in [2.45, 2.75) is 6.92 Å². The van der Waals surface area contributed by atoms with Crippen molar-refractivity contribution < 1.29 is 19.1 Å². The molecule has 0 aromatic heterocycles. The summed E-state index contributed by atoms with van der Waals surface area (Å²) in [5.41, 5.74) is 2.01. The van der Waals surface area contributed by atoms with Gasteiger partial charge in [-0.25, -0.2) is 4.79 Å². The lowest BCUT2D eigenvalue weighted by Crippen LogP contribution is -2.33. The molecule has 128 valence electrons. The third kappa shape index (κ3) is 5.90. The molecule has 1 N–H and O–H groups in total. The van der Waals surface area contributed by atoms with Crippen LogP contribution in [0.2, 0.25) is 5.02 Å². The largest absolute Gasteiger partial charge is 0.452 e. The second kappa shape index (κ2) is 8.80. The van der Waals surface area contributed by atoms with Gasteiger partial charge in [-0.15, -0.1) is 0 Å². The predicted molar refractivity (Wildman–Crippen MR) is 95.1 cm³/mol. The molecule has 2 rings (SSSR count). The third-order valence-electron chi connectivity index (χ3n) is 3.24. The molecule has 0 unspecified atom stereocenters. The van der Waals surface area contributed by atoms with E-state index < -0.39 is 24.4 Å². The van der Waals surface area contributed by atoms with Crippen molar-refractivity contribution in [3.05, 3.63) is 76.3 Å². The zero-order valence-corrected chi connectivity index (χ0v) is 14.2. The standard InChI is InChI=1S/C19H16ClNO4/c1-13-7-8-14(11-16(13)20)9-10-18(23)25-12-17(22)21-19(24)15-5-3-2-4-6-15/h2-11H,12H2,1H3,(H,21,22,24)/b10-9+. The first-order valence-electron chi connectivity index (χ1n) is 7.46. The fourth-order valence-electron chi connectivity index (χ4n) is 1.89. The van der Waals surface area contributed by atoms with Gasteiger partial charge in [-0.05, 0) is 42.3 Å². The SMILES string of the molecule is Cc1ccc(/C=C/C(=O)OCC(=O)NC(=O)c2ccccc2)cc1Cl. The summed E-state index contributed by atoms with van der Waals surface area (Å²) in [6.45, 7) is 1.33. The Morgan fingerprint density at radius 3 is 2.52 bits per heavy atom. The van der Waals surface area contributed by atoms with Crippen molar-refractivity contribution in [2.75, 3.05) is 6.61 Å². The second-order valence-corrected chi connectivity index (χ2v) is 5.60. The maximum atomic E-state index is 11.8. The highest BCUT2D eigenvalue weighted by molar-refractivity contribution is 6.31. The minimum atomic E-state index is -0.700. The smallest absolute Gasteiger partial charge is 0.331 e. The van der Waals surface area contributed by atoms with Crippen molar-refractivity contribution in [1.82, 2.24) is 5.32 Å². The molecule has 2 aromatic rings. The average Bonchev–Trinajstić information content (AvgIpc) is 2.61. The van der Waals surface area contributed by atoms with Gasteiger partial charge in [0.05, 0.1) is 0 Å². The molecule has 2 aromatic carbocycles. The zero-order chi connectivity index (χ0) is 18.2. The van der Waals surface area contributed by atoms with Gasteiger partial charge in [0.15, 0.2) is 6.61 Å². The summed E-state index contributed by atoms with van der Waals surface area (Å²) in [6.07, 6.45) is 2.72. The minimum absolute atomic E-state index is 0.346. The first kappa shape index (κ1) is 18.4. The number of esters is 1. The van der Waals surface area contributed by atoms with E-state index in [9.17, 15) is 14.4 Å². The number of carbonyl (C=O) groups excluding carboxylic acids is 3. The molecule has 0 saturated heterocycles. The molecule has 2 amide bonds. The number of hydrogen-bond donors (Lipinski definition) is 1. The summed E-state index contributed by atoms with van der Waals surface area (Å²) in [7, 11) is 0. The summed E-state index contributed by atoms with van der Waals surface area (Å²) < 4.78 is 4.79. The Labute approximate surface area is 150 Å². The van der Waals surface area contributed by atoms with Crippen LogP contribution in [0.15, 0.2) is 54.6 Å². The summed E-state index contributed by atoms with van der Waals surface area (Å²) >= 11 is 6.00. The van der Waals surface area contributed by atoms with Gasteiger partial charge in [-0.2, -0.15) is 0 Å². The van der Waals surface area contributed by atoms with Crippen LogP contribution in [0.5, 0.6) is 0 Å². The number of rotatable bonds is 5. The number of imide groups is 1. The fourth-order valence-corrected chi connectivity index (χ4v) is 2.08. The van der Waals surface area contributed by atoms with E-state index in [1.807, 2.05) is 13.0 Å². The van der Waals surface area contributed by atoms with Gasteiger partial charge in [0, 0.05) is 16.7 Å². The van der Waals surface area contributed by atoms with Crippen molar-refractivity contribution >= 4 is 35.5 Å². The Morgan fingerprint density at radius 1 is 1.12 bits per heavy atom. The van der Waals surface area contributed by atoms with Crippen molar-refractivity contribution in [3.8, 4) is 0 Å². The van der Waals surface area contributed by atoms with Crippen molar-refractivity contribution in [1.29, 1.82) is 0 Å². The Balaban J connectivity index is 1.81. The summed E-state index contributed by atoms with van der Waals surface area (Å²) in [5, 5.41) is 2.73. The molecule has 25 heavy (non-hydrogen) atoms. The molecule has 0 aliphatic rings. The van der Waals surface area contributed by atoms with Crippen LogP contribution in [0.3, 0.4) is 0 Å². The highest BCUT2D eigenvalue weighted by Crippen LogP contribution is 2.17. The highest BCUT2D eigenvalue weighted by atomic mass is 35.5. The van der Waals surface area contributed by atoms with Gasteiger partial charge in [0.2, 0.25) is 0 Å². The van der Waals surface area contributed by atoms with Gasteiger partial charge in [0.1, 0.15) is 0 Å². The van der Waals surface area contributed by atoms with Gasteiger partial charge in [0.25, 0.3) is 11.8 Å². The Bertz CT molecular complexity index is 815. The summed E-state index contributed by atoms with van der Waals surface area (Å²) in [4.78, 5) is 35.0. The van der Waals surface area contributed by atoms with Crippen LogP contribution in [0, 0.1) is 6.92 Å². The number of hydrogen-bond acceptors (Lipinski definition) is 4.